The van der Waals surface area contributed by atoms with Crippen LogP contribution in [0.15, 0.2) is 0 Å². The van der Waals surface area contributed by atoms with E-state index in [1.807, 2.05) is 0 Å². The SMILES string of the molecule is CCC1(C(C)C)CC1CCCl. The molecule has 1 saturated carbocycles. The van der Waals surface area contributed by atoms with Crippen molar-refractivity contribution >= 4 is 11.6 Å². The summed E-state index contributed by atoms with van der Waals surface area (Å²) in [4.78, 5) is 0. The van der Waals surface area contributed by atoms with Gasteiger partial charge in [-0.25, -0.2) is 0 Å². The summed E-state index contributed by atoms with van der Waals surface area (Å²) in [5.74, 6) is 2.63. The second-order valence-corrected chi connectivity index (χ2v) is 4.50. The maximum atomic E-state index is 5.73. The molecule has 0 heterocycles. The number of alkyl halides is 1. The first-order valence-corrected chi connectivity index (χ1v) is 5.26. The van der Waals surface area contributed by atoms with Gasteiger partial charge in [0.2, 0.25) is 0 Å². The van der Waals surface area contributed by atoms with Gasteiger partial charge in [-0.3, -0.25) is 0 Å². The Labute approximate surface area is 75.3 Å². The van der Waals surface area contributed by atoms with Gasteiger partial charge in [0.1, 0.15) is 0 Å². The third-order valence-corrected chi connectivity index (χ3v) is 3.76. The molecule has 2 atom stereocenters. The lowest BCUT2D eigenvalue weighted by Crippen LogP contribution is -2.11. The Hall–Kier alpha value is 0.290. The van der Waals surface area contributed by atoms with Crippen molar-refractivity contribution < 1.29 is 0 Å². The summed E-state index contributed by atoms with van der Waals surface area (Å²) >= 11 is 5.73. The first-order chi connectivity index (χ1) is 5.17. The summed E-state index contributed by atoms with van der Waals surface area (Å²) in [6.07, 6.45) is 3.99. The number of hydrogen-bond acceptors (Lipinski definition) is 0. The van der Waals surface area contributed by atoms with Crippen LogP contribution in [0.2, 0.25) is 0 Å². The molecule has 1 aliphatic rings. The average molecular weight is 175 g/mol. The summed E-state index contributed by atoms with van der Waals surface area (Å²) < 4.78 is 0. The van der Waals surface area contributed by atoms with E-state index in [4.69, 9.17) is 11.6 Å². The lowest BCUT2D eigenvalue weighted by atomic mass is 9.87. The molecule has 0 amide bonds. The molecule has 1 aliphatic carbocycles. The third-order valence-electron chi connectivity index (χ3n) is 3.55. The minimum Gasteiger partial charge on any atom is -0.127 e. The van der Waals surface area contributed by atoms with Gasteiger partial charge in [0.05, 0.1) is 0 Å². The molecule has 66 valence electrons. The molecule has 11 heavy (non-hydrogen) atoms. The van der Waals surface area contributed by atoms with E-state index in [9.17, 15) is 0 Å². The second-order valence-electron chi connectivity index (χ2n) is 4.12. The molecule has 0 aromatic rings. The Kier molecular flexibility index (Phi) is 2.85. The molecule has 0 aromatic carbocycles. The Morgan fingerprint density at radius 3 is 2.45 bits per heavy atom. The zero-order valence-electron chi connectivity index (χ0n) is 7.86. The van der Waals surface area contributed by atoms with Gasteiger partial charge in [-0.05, 0) is 36.5 Å². The predicted octanol–water partition coefficient (Wildman–Crippen LogP) is 3.69. The molecule has 0 saturated heterocycles. The summed E-state index contributed by atoms with van der Waals surface area (Å²) in [5, 5.41) is 0. The molecule has 0 spiro atoms. The molecule has 0 nitrogen and oxygen atoms in total. The van der Waals surface area contributed by atoms with E-state index in [0.717, 1.165) is 17.7 Å². The van der Waals surface area contributed by atoms with Crippen LogP contribution in [0.3, 0.4) is 0 Å². The second kappa shape index (κ2) is 3.35. The van der Waals surface area contributed by atoms with Crippen LogP contribution in [0.4, 0.5) is 0 Å². The molecule has 0 radical (unpaired) electrons. The van der Waals surface area contributed by atoms with Gasteiger partial charge in [-0.1, -0.05) is 20.8 Å². The van der Waals surface area contributed by atoms with Crippen LogP contribution in [0.1, 0.15) is 40.0 Å². The molecule has 0 aliphatic heterocycles. The van der Waals surface area contributed by atoms with Crippen molar-refractivity contribution in [3.8, 4) is 0 Å². The van der Waals surface area contributed by atoms with Gasteiger partial charge in [-0.2, -0.15) is 0 Å². The maximum absolute atomic E-state index is 5.73. The largest absolute Gasteiger partial charge is 0.127 e. The van der Waals surface area contributed by atoms with Crippen LogP contribution in [-0.2, 0) is 0 Å². The Morgan fingerprint density at radius 2 is 2.18 bits per heavy atom. The smallest absolute Gasteiger partial charge is 0.0226 e. The molecule has 1 rings (SSSR count). The van der Waals surface area contributed by atoms with Gasteiger partial charge in [-0.15, -0.1) is 11.6 Å². The van der Waals surface area contributed by atoms with Crippen LogP contribution in [-0.4, -0.2) is 5.88 Å². The van der Waals surface area contributed by atoms with Gasteiger partial charge < -0.3 is 0 Å². The van der Waals surface area contributed by atoms with E-state index >= 15 is 0 Å². The predicted molar refractivity (Wildman–Crippen MR) is 51.0 cm³/mol. The van der Waals surface area contributed by atoms with E-state index in [-0.39, 0.29) is 0 Å². The fraction of sp³-hybridized carbons (Fsp3) is 1.00. The Bertz CT molecular complexity index is 131. The summed E-state index contributed by atoms with van der Waals surface area (Å²) in [6, 6.07) is 0. The highest BCUT2D eigenvalue weighted by Crippen LogP contribution is 2.61. The Morgan fingerprint density at radius 1 is 1.55 bits per heavy atom. The van der Waals surface area contributed by atoms with Gasteiger partial charge in [0, 0.05) is 5.88 Å². The van der Waals surface area contributed by atoms with E-state index in [1.165, 1.54) is 19.3 Å². The fourth-order valence-electron chi connectivity index (χ4n) is 2.47. The number of hydrogen-bond donors (Lipinski definition) is 0. The summed E-state index contributed by atoms with van der Waals surface area (Å²) in [6.45, 7) is 7.00. The third kappa shape index (κ3) is 1.56. The van der Waals surface area contributed by atoms with Crippen molar-refractivity contribution in [2.45, 2.75) is 40.0 Å². The van der Waals surface area contributed by atoms with Crippen molar-refractivity contribution in [3.63, 3.8) is 0 Å². The van der Waals surface area contributed by atoms with Crippen molar-refractivity contribution in [2.24, 2.45) is 17.3 Å². The Balaban J connectivity index is 2.43. The van der Waals surface area contributed by atoms with Gasteiger partial charge in [0.25, 0.3) is 0 Å². The topological polar surface area (TPSA) is 0 Å². The molecule has 0 bridgehead atoms. The molecular formula is C10H19Cl. The van der Waals surface area contributed by atoms with Crippen LogP contribution in [0, 0.1) is 17.3 Å². The number of rotatable bonds is 4. The number of halogens is 1. The van der Waals surface area contributed by atoms with E-state index in [2.05, 4.69) is 20.8 Å². The quantitative estimate of drug-likeness (QED) is 0.571. The zero-order chi connectivity index (χ0) is 8.48. The fourth-order valence-corrected chi connectivity index (χ4v) is 2.73. The molecule has 0 aromatic heterocycles. The van der Waals surface area contributed by atoms with E-state index < -0.39 is 0 Å². The highest BCUT2D eigenvalue weighted by atomic mass is 35.5. The minimum atomic E-state index is 0.675. The van der Waals surface area contributed by atoms with Gasteiger partial charge >= 0.3 is 0 Å². The molecule has 1 fully saturated rings. The molecule has 1 heteroatoms. The monoisotopic (exact) mass is 174 g/mol. The van der Waals surface area contributed by atoms with Crippen molar-refractivity contribution in [3.05, 3.63) is 0 Å². The normalized spacial score (nSPS) is 36.3. The van der Waals surface area contributed by atoms with E-state index in [1.54, 1.807) is 0 Å². The summed E-state index contributed by atoms with van der Waals surface area (Å²) in [5.41, 5.74) is 0.675. The van der Waals surface area contributed by atoms with E-state index in [0.29, 0.717) is 5.41 Å². The standard InChI is InChI=1S/C10H19Cl/c1-4-10(8(2)3)7-9(10)5-6-11/h8-9H,4-7H2,1-3H3. The lowest BCUT2D eigenvalue weighted by molar-refractivity contribution is 0.310. The molecule has 2 unspecified atom stereocenters. The first kappa shape index (κ1) is 9.38. The highest BCUT2D eigenvalue weighted by Gasteiger charge is 2.53. The summed E-state index contributed by atoms with van der Waals surface area (Å²) in [7, 11) is 0. The van der Waals surface area contributed by atoms with Crippen LogP contribution in [0.5, 0.6) is 0 Å². The van der Waals surface area contributed by atoms with Crippen molar-refractivity contribution in [2.75, 3.05) is 5.88 Å². The van der Waals surface area contributed by atoms with Gasteiger partial charge in [0.15, 0.2) is 0 Å². The van der Waals surface area contributed by atoms with Crippen LogP contribution < -0.4 is 0 Å². The molecular weight excluding hydrogens is 156 g/mol. The molecule has 0 N–H and O–H groups in total. The zero-order valence-corrected chi connectivity index (χ0v) is 8.62. The van der Waals surface area contributed by atoms with Crippen molar-refractivity contribution in [1.82, 2.24) is 0 Å². The maximum Gasteiger partial charge on any atom is 0.0226 e. The van der Waals surface area contributed by atoms with Crippen molar-refractivity contribution in [1.29, 1.82) is 0 Å². The minimum absolute atomic E-state index is 0.675. The first-order valence-electron chi connectivity index (χ1n) is 4.73. The lowest BCUT2D eigenvalue weighted by Gasteiger charge is -2.19. The van der Waals surface area contributed by atoms with Crippen LogP contribution in [0.25, 0.3) is 0 Å². The average Bonchev–Trinajstić information content (AvgIpc) is 2.65. The highest BCUT2D eigenvalue weighted by molar-refractivity contribution is 6.17. The van der Waals surface area contributed by atoms with Crippen LogP contribution >= 0.6 is 11.6 Å².